The SMILES string of the molecule is Cc1ccc2c(c1)OC(C)(C)C[C@@H]2NC(=O)c1ccc(Cl)cc1Cl. The van der Waals surface area contributed by atoms with Gasteiger partial charge in [-0.3, -0.25) is 4.79 Å². The molecule has 1 atom stereocenters. The zero-order valence-electron chi connectivity index (χ0n) is 13.8. The van der Waals surface area contributed by atoms with Gasteiger partial charge in [-0.1, -0.05) is 35.3 Å². The number of carbonyl (C=O) groups is 1. The number of amides is 1. The number of aryl methyl sites for hydroxylation is 1. The number of rotatable bonds is 2. The van der Waals surface area contributed by atoms with Crippen LogP contribution in [0.15, 0.2) is 36.4 Å². The molecular weight excluding hydrogens is 345 g/mol. The standard InChI is InChI=1S/C19H19Cl2NO2/c1-11-4-6-14-16(10-19(2,3)24-17(14)8-11)22-18(23)13-7-5-12(20)9-15(13)21/h4-9,16H,10H2,1-3H3,(H,22,23)/t16-/m0/s1. The molecule has 0 saturated carbocycles. The lowest BCUT2D eigenvalue weighted by Gasteiger charge is -2.38. The zero-order valence-corrected chi connectivity index (χ0v) is 15.3. The molecule has 0 fully saturated rings. The fourth-order valence-corrected chi connectivity index (χ4v) is 3.49. The van der Waals surface area contributed by atoms with Crippen molar-refractivity contribution in [3.05, 3.63) is 63.1 Å². The van der Waals surface area contributed by atoms with E-state index in [4.69, 9.17) is 27.9 Å². The molecule has 1 aliphatic rings. The maximum atomic E-state index is 12.7. The predicted octanol–water partition coefficient (Wildman–Crippen LogP) is 5.33. The Morgan fingerprint density at radius 1 is 1.21 bits per heavy atom. The number of hydrogen-bond acceptors (Lipinski definition) is 2. The number of hydrogen-bond donors (Lipinski definition) is 1. The minimum absolute atomic E-state index is 0.136. The van der Waals surface area contributed by atoms with E-state index in [1.54, 1.807) is 18.2 Å². The molecule has 0 aliphatic carbocycles. The van der Waals surface area contributed by atoms with E-state index in [9.17, 15) is 4.79 Å². The van der Waals surface area contributed by atoms with E-state index >= 15 is 0 Å². The van der Waals surface area contributed by atoms with E-state index in [1.165, 1.54) is 0 Å². The second-order valence-corrected chi connectivity index (χ2v) is 7.60. The quantitative estimate of drug-likeness (QED) is 0.782. The molecule has 24 heavy (non-hydrogen) atoms. The van der Waals surface area contributed by atoms with Crippen LogP contribution < -0.4 is 10.1 Å². The fourth-order valence-electron chi connectivity index (χ4n) is 3.00. The monoisotopic (exact) mass is 363 g/mol. The first-order valence-electron chi connectivity index (χ1n) is 7.81. The van der Waals surface area contributed by atoms with Crippen LogP contribution in [0.1, 0.15) is 47.8 Å². The van der Waals surface area contributed by atoms with Crippen LogP contribution in [-0.2, 0) is 0 Å². The maximum Gasteiger partial charge on any atom is 0.253 e. The summed E-state index contributed by atoms with van der Waals surface area (Å²) in [4.78, 5) is 12.7. The zero-order chi connectivity index (χ0) is 17.5. The van der Waals surface area contributed by atoms with E-state index in [0.29, 0.717) is 22.0 Å². The summed E-state index contributed by atoms with van der Waals surface area (Å²) < 4.78 is 6.06. The number of carbonyl (C=O) groups excluding carboxylic acids is 1. The van der Waals surface area contributed by atoms with Crippen LogP contribution in [-0.4, -0.2) is 11.5 Å². The molecule has 126 valence electrons. The van der Waals surface area contributed by atoms with Crippen LogP contribution in [0, 0.1) is 6.92 Å². The van der Waals surface area contributed by atoms with Crippen molar-refractivity contribution in [3.8, 4) is 5.75 Å². The summed E-state index contributed by atoms with van der Waals surface area (Å²) in [6, 6.07) is 10.8. The van der Waals surface area contributed by atoms with Crippen molar-refractivity contribution in [2.24, 2.45) is 0 Å². The van der Waals surface area contributed by atoms with E-state index in [0.717, 1.165) is 16.9 Å². The van der Waals surface area contributed by atoms with Gasteiger partial charge in [0.1, 0.15) is 11.4 Å². The largest absolute Gasteiger partial charge is 0.487 e. The average molecular weight is 364 g/mol. The minimum Gasteiger partial charge on any atom is -0.487 e. The van der Waals surface area contributed by atoms with E-state index in [1.807, 2.05) is 39.0 Å². The Bertz CT molecular complexity index is 802. The van der Waals surface area contributed by atoms with E-state index in [-0.39, 0.29) is 17.6 Å². The summed E-state index contributed by atoms with van der Waals surface area (Å²) in [6.45, 7) is 6.06. The van der Waals surface area contributed by atoms with Gasteiger partial charge in [0.15, 0.2) is 0 Å². The summed E-state index contributed by atoms with van der Waals surface area (Å²) in [6.07, 6.45) is 0.681. The van der Waals surface area contributed by atoms with Crippen LogP contribution in [0.25, 0.3) is 0 Å². The summed E-state index contributed by atoms with van der Waals surface area (Å²) in [7, 11) is 0. The second-order valence-electron chi connectivity index (χ2n) is 6.76. The molecule has 3 rings (SSSR count). The van der Waals surface area contributed by atoms with Crippen molar-refractivity contribution in [2.45, 2.75) is 38.8 Å². The highest BCUT2D eigenvalue weighted by Crippen LogP contribution is 2.40. The first-order valence-corrected chi connectivity index (χ1v) is 8.56. The van der Waals surface area contributed by atoms with Gasteiger partial charge in [0.2, 0.25) is 0 Å². The van der Waals surface area contributed by atoms with Gasteiger partial charge < -0.3 is 10.1 Å². The molecule has 5 heteroatoms. The Kier molecular flexibility index (Phi) is 4.50. The molecule has 1 amide bonds. The van der Waals surface area contributed by atoms with Crippen molar-refractivity contribution in [1.29, 1.82) is 0 Å². The Morgan fingerprint density at radius 2 is 1.96 bits per heavy atom. The molecule has 0 saturated heterocycles. The highest BCUT2D eigenvalue weighted by molar-refractivity contribution is 6.36. The number of fused-ring (bicyclic) bond motifs is 1. The van der Waals surface area contributed by atoms with Gasteiger partial charge in [0, 0.05) is 17.0 Å². The van der Waals surface area contributed by atoms with E-state index in [2.05, 4.69) is 5.32 Å². The molecule has 0 radical (unpaired) electrons. The lowest BCUT2D eigenvalue weighted by Crippen LogP contribution is -2.41. The fraction of sp³-hybridized carbons (Fsp3) is 0.316. The molecule has 0 aromatic heterocycles. The van der Waals surface area contributed by atoms with Crippen LogP contribution in [0.2, 0.25) is 10.0 Å². The van der Waals surface area contributed by atoms with Gasteiger partial charge in [-0.2, -0.15) is 0 Å². The van der Waals surface area contributed by atoms with Gasteiger partial charge in [-0.05, 0) is 50.6 Å². The molecule has 2 aromatic rings. The Hall–Kier alpha value is -1.71. The lowest BCUT2D eigenvalue weighted by atomic mass is 9.89. The topological polar surface area (TPSA) is 38.3 Å². The molecule has 1 heterocycles. The van der Waals surface area contributed by atoms with Gasteiger partial charge in [0.05, 0.1) is 16.6 Å². The van der Waals surface area contributed by atoms with Crippen molar-refractivity contribution in [3.63, 3.8) is 0 Å². The third-order valence-corrected chi connectivity index (χ3v) is 4.66. The first kappa shape index (κ1) is 17.1. The van der Waals surface area contributed by atoms with Crippen molar-refractivity contribution < 1.29 is 9.53 Å². The van der Waals surface area contributed by atoms with Gasteiger partial charge in [-0.15, -0.1) is 0 Å². The summed E-state index contributed by atoms with van der Waals surface area (Å²) in [5, 5.41) is 3.93. The highest BCUT2D eigenvalue weighted by atomic mass is 35.5. The van der Waals surface area contributed by atoms with Gasteiger partial charge in [0.25, 0.3) is 5.91 Å². The molecule has 2 aromatic carbocycles. The summed E-state index contributed by atoms with van der Waals surface area (Å²) >= 11 is 12.0. The normalized spacial score (nSPS) is 18.5. The third kappa shape index (κ3) is 3.52. The van der Waals surface area contributed by atoms with Crippen LogP contribution >= 0.6 is 23.2 Å². The molecule has 1 N–H and O–H groups in total. The van der Waals surface area contributed by atoms with Crippen LogP contribution in [0.4, 0.5) is 0 Å². The van der Waals surface area contributed by atoms with Crippen molar-refractivity contribution in [1.82, 2.24) is 5.32 Å². The lowest BCUT2D eigenvalue weighted by molar-refractivity contribution is 0.0619. The number of nitrogens with one attached hydrogen (secondary N) is 1. The molecule has 0 bridgehead atoms. The minimum atomic E-state index is -0.359. The molecule has 0 spiro atoms. The number of benzene rings is 2. The molecule has 1 aliphatic heterocycles. The Balaban J connectivity index is 1.90. The van der Waals surface area contributed by atoms with Crippen molar-refractivity contribution >= 4 is 29.1 Å². The van der Waals surface area contributed by atoms with Crippen molar-refractivity contribution in [2.75, 3.05) is 0 Å². The average Bonchev–Trinajstić information content (AvgIpc) is 2.45. The molecule has 3 nitrogen and oxygen atoms in total. The smallest absolute Gasteiger partial charge is 0.253 e. The predicted molar refractivity (Wildman–Crippen MR) is 97.2 cm³/mol. The van der Waals surface area contributed by atoms with Gasteiger partial charge >= 0.3 is 0 Å². The number of ether oxygens (including phenoxy) is 1. The highest BCUT2D eigenvalue weighted by Gasteiger charge is 2.34. The maximum absolute atomic E-state index is 12.7. The Labute approximate surface area is 151 Å². The van der Waals surface area contributed by atoms with Crippen LogP contribution in [0.5, 0.6) is 5.75 Å². The second kappa shape index (κ2) is 6.30. The van der Waals surface area contributed by atoms with E-state index < -0.39 is 0 Å². The summed E-state index contributed by atoms with van der Waals surface area (Å²) in [5.74, 6) is 0.602. The first-order chi connectivity index (χ1) is 11.2. The van der Waals surface area contributed by atoms with Gasteiger partial charge in [-0.25, -0.2) is 0 Å². The third-order valence-electron chi connectivity index (χ3n) is 4.11. The number of halogens is 2. The Morgan fingerprint density at radius 3 is 2.67 bits per heavy atom. The molecular formula is C19H19Cl2NO2. The van der Waals surface area contributed by atoms with Crippen LogP contribution in [0.3, 0.4) is 0 Å². The summed E-state index contributed by atoms with van der Waals surface area (Å²) in [5.41, 5.74) is 2.16. The molecule has 0 unspecified atom stereocenters.